The van der Waals surface area contributed by atoms with Crippen molar-refractivity contribution in [3.63, 3.8) is 0 Å². The van der Waals surface area contributed by atoms with Crippen LogP contribution >= 0.6 is 0 Å². The predicted octanol–water partition coefficient (Wildman–Crippen LogP) is 18.3. The summed E-state index contributed by atoms with van der Waals surface area (Å²) in [5.74, 6) is 8.67. The Kier molecular flexibility index (Phi) is 13.8. The molecule has 99 heavy (non-hydrogen) atoms. The van der Waals surface area contributed by atoms with Crippen LogP contribution in [0.1, 0.15) is 91.6 Å². The third-order valence-corrected chi connectivity index (χ3v) is 20.2. The van der Waals surface area contributed by atoms with Crippen molar-refractivity contribution in [2.45, 2.75) is 19.3 Å². The van der Waals surface area contributed by atoms with Gasteiger partial charge in [-0.15, -0.1) is 0 Å². The van der Waals surface area contributed by atoms with Crippen molar-refractivity contribution in [1.29, 1.82) is 0 Å². The topological polar surface area (TPSA) is 0 Å². The maximum Gasteiger partial charge on any atom is 0.114 e. The molecular weight excluding hydrogens is 1190 g/mol. The molecule has 0 heteroatoms. The minimum Gasteiger partial charge on any atom is -0.0881 e. The molecule has 0 fully saturated rings. The average Bonchev–Trinajstić information content (AvgIpc) is 2.32. The van der Waals surface area contributed by atoms with E-state index < -0.39 is 0 Å². The number of fused-ring (bicyclic) bond motifs is 12. The molecule has 5 aliphatic rings. The van der Waals surface area contributed by atoms with Crippen molar-refractivity contribution >= 4 is 111 Å². The van der Waals surface area contributed by atoms with E-state index in [4.69, 9.17) is 0 Å². The standard InChI is InChI=1S/C99H57/c1-7-31-73-67(25-1)58-68-26-2-8-32-74(68)94(73)61-97-85-43-19-13-37-79(85)91(80-38-14-20-44-86(80)97)52-49-64-55-65(50-53-92-81-39-15-21-45-87(81)98(88-46-22-16-40-82(88)92)62-95-75-33-9-3-27-69(75)59-70-28-4-10-34-76(70)95)57-66(56-64)51-54-93-83-41-17-23-47-89(83)99(90-48-24-18-42-84(90)93)63-96-77-35-11-5-29-71(77)60-72-30-6-12-36-78(72)96/h1-11,13-48,56,58-60H,12,55,57H2/q+3. The average molecular weight is 1250 g/mol. The summed E-state index contributed by atoms with van der Waals surface area (Å²) in [6, 6.07) is 98.1. The lowest BCUT2D eigenvalue weighted by Gasteiger charge is -2.20. The Morgan fingerprint density at radius 3 is 1.20 bits per heavy atom. The zero-order valence-corrected chi connectivity index (χ0v) is 54.1. The lowest BCUT2D eigenvalue weighted by molar-refractivity contribution is 1.01. The van der Waals surface area contributed by atoms with Gasteiger partial charge in [-0.1, -0.05) is 180 Å². The van der Waals surface area contributed by atoms with Crippen LogP contribution in [0.4, 0.5) is 0 Å². The van der Waals surface area contributed by atoms with Gasteiger partial charge in [-0.3, -0.25) is 0 Å². The fourth-order valence-corrected chi connectivity index (χ4v) is 15.6. The van der Waals surface area contributed by atoms with Crippen LogP contribution < -0.4 is 31.3 Å². The number of hydrogen-bond donors (Lipinski definition) is 0. The molecule has 0 unspecified atom stereocenters. The van der Waals surface area contributed by atoms with Gasteiger partial charge in [0.1, 0.15) is 17.1 Å². The second kappa shape index (κ2) is 23.9. The second-order valence-electron chi connectivity index (χ2n) is 26.0. The molecule has 0 atom stereocenters. The highest BCUT2D eigenvalue weighted by Gasteiger charge is 2.35. The van der Waals surface area contributed by atoms with Gasteiger partial charge in [0.2, 0.25) is 0 Å². The molecule has 5 aliphatic carbocycles. The third kappa shape index (κ3) is 9.92. The Balaban J connectivity index is 0.856. The van der Waals surface area contributed by atoms with E-state index in [1.807, 2.05) is 0 Å². The molecule has 0 nitrogen and oxygen atoms in total. The van der Waals surface area contributed by atoms with Gasteiger partial charge in [0, 0.05) is 99.0 Å². The van der Waals surface area contributed by atoms with Crippen molar-refractivity contribution in [1.82, 2.24) is 0 Å². The highest BCUT2D eigenvalue weighted by Crippen LogP contribution is 2.43. The molecule has 19 rings (SSSR count). The van der Waals surface area contributed by atoms with Gasteiger partial charge in [0.25, 0.3) is 0 Å². The van der Waals surface area contributed by atoms with E-state index in [0.29, 0.717) is 12.8 Å². The van der Waals surface area contributed by atoms with E-state index >= 15 is 0 Å². The molecule has 0 radical (unpaired) electrons. The van der Waals surface area contributed by atoms with Crippen molar-refractivity contribution in [2.24, 2.45) is 0 Å². The summed E-state index contributed by atoms with van der Waals surface area (Å²) in [6.07, 6.45) is 15.7. The first-order valence-electron chi connectivity index (χ1n) is 34.1. The van der Waals surface area contributed by atoms with E-state index in [-0.39, 0.29) is 0 Å². The van der Waals surface area contributed by atoms with Gasteiger partial charge in [0.15, 0.2) is 0 Å². The largest absolute Gasteiger partial charge is 0.114 e. The van der Waals surface area contributed by atoms with Gasteiger partial charge in [-0.25, -0.2) is 0 Å². The van der Waals surface area contributed by atoms with Crippen molar-refractivity contribution in [3.05, 3.63) is 436 Å². The first-order chi connectivity index (χ1) is 49.1. The van der Waals surface area contributed by atoms with E-state index in [9.17, 15) is 0 Å². The normalized spacial score (nSPS) is 13.5. The van der Waals surface area contributed by atoms with E-state index in [1.165, 1.54) is 66.1 Å². The smallest absolute Gasteiger partial charge is 0.0881 e. The predicted molar refractivity (Wildman–Crippen MR) is 412 cm³/mol. The minimum absolute atomic E-state index is 0.579. The van der Waals surface area contributed by atoms with Gasteiger partial charge >= 0.3 is 0 Å². The number of allylic oxidation sites excluding steroid dienone is 5. The fourth-order valence-electron chi connectivity index (χ4n) is 15.6. The lowest BCUT2D eigenvalue weighted by atomic mass is 9.75. The van der Waals surface area contributed by atoms with Crippen molar-refractivity contribution in [2.75, 3.05) is 0 Å². The maximum atomic E-state index is 4.09. The lowest BCUT2D eigenvalue weighted by Crippen LogP contribution is -2.28. The summed E-state index contributed by atoms with van der Waals surface area (Å²) >= 11 is 0. The zero-order chi connectivity index (χ0) is 65.3. The summed E-state index contributed by atoms with van der Waals surface area (Å²) in [5.41, 5.74) is 48.9. The van der Waals surface area contributed by atoms with Crippen LogP contribution in [0.3, 0.4) is 0 Å². The molecule has 0 saturated carbocycles. The SMILES string of the molecule is C(=C=c1c2ccccc2c(=C=C2c3ccccc3[CH+]c3ccccc32)c2ccccc12)=C1C=C(C#C[C+]2c3ccccc3C(=C=c3c4c(cc5ccccc35)C=CCC=4)c3ccccc32)CC(=C=C=c2c3ccccc3c(=C=C3c4ccccc4[CH+]c4ccccc43)c3ccccc23)C1. The van der Waals surface area contributed by atoms with E-state index in [1.54, 1.807) is 0 Å². The number of rotatable bonds is 0. The first kappa shape index (κ1) is 57.2. The van der Waals surface area contributed by atoms with Crippen LogP contribution in [0.2, 0.25) is 0 Å². The van der Waals surface area contributed by atoms with Gasteiger partial charge in [0.05, 0.1) is 72.3 Å². The highest BCUT2D eigenvalue weighted by atomic mass is 14.3. The summed E-state index contributed by atoms with van der Waals surface area (Å²) in [6.45, 7) is 0. The van der Waals surface area contributed by atoms with Gasteiger partial charge in [-0.05, 0) is 210 Å². The number of benzene rings is 14. The Hall–Kier alpha value is -13.3. The van der Waals surface area contributed by atoms with Crippen LogP contribution in [-0.4, -0.2) is 0 Å². The molecule has 0 aliphatic heterocycles. The highest BCUT2D eigenvalue weighted by molar-refractivity contribution is 6.05. The molecule has 14 aromatic rings. The van der Waals surface area contributed by atoms with Crippen LogP contribution in [0.5, 0.6) is 0 Å². The van der Waals surface area contributed by atoms with Gasteiger partial charge < -0.3 is 0 Å². The molecule has 0 saturated heterocycles. The third-order valence-electron chi connectivity index (χ3n) is 20.2. The van der Waals surface area contributed by atoms with Crippen LogP contribution in [0.25, 0.3) is 111 Å². The maximum absolute atomic E-state index is 4.09. The molecule has 0 amide bonds. The quantitative estimate of drug-likeness (QED) is 0.0614. The van der Waals surface area contributed by atoms with Crippen molar-refractivity contribution in [3.8, 4) is 11.8 Å². The molecule has 0 aromatic heterocycles. The van der Waals surface area contributed by atoms with E-state index in [0.717, 1.165) is 137 Å². The van der Waals surface area contributed by atoms with Crippen LogP contribution in [0, 0.1) is 30.6 Å². The van der Waals surface area contributed by atoms with Crippen LogP contribution in [0.15, 0.2) is 313 Å². The van der Waals surface area contributed by atoms with Gasteiger partial charge in [-0.2, -0.15) is 0 Å². The summed E-state index contributed by atoms with van der Waals surface area (Å²) in [5, 5.41) is 17.6. The monoisotopic (exact) mass is 1250 g/mol. The van der Waals surface area contributed by atoms with Crippen molar-refractivity contribution < 1.29 is 0 Å². The Labute approximate surface area is 574 Å². The number of hydrogen-bond acceptors (Lipinski definition) is 0. The molecule has 0 spiro atoms. The molecule has 14 aromatic carbocycles. The molecule has 0 N–H and O–H groups in total. The first-order valence-corrected chi connectivity index (χ1v) is 34.1. The summed E-state index contributed by atoms with van der Waals surface area (Å²) in [4.78, 5) is 0. The zero-order valence-electron chi connectivity index (χ0n) is 54.1. The molecule has 0 heterocycles. The summed E-state index contributed by atoms with van der Waals surface area (Å²) < 4.78 is 0. The molecular formula is C99H57+3. The fraction of sp³-hybridized carbons (Fsp3) is 0.0303. The Morgan fingerprint density at radius 1 is 0.333 bits per heavy atom. The minimum atomic E-state index is 0.579. The second-order valence-corrected chi connectivity index (χ2v) is 26.0. The molecule has 0 bridgehead atoms. The van der Waals surface area contributed by atoms with E-state index in [2.05, 4.69) is 362 Å². The van der Waals surface area contributed by atoms with Crippen LogP contribution in [-0.2, 0) is 0 Å². The summed E-state index contributed by atoms with van der Waals surface area (Å²) in [7, 11) is 0. The molecule has 450 valence electrons. The Bertz CT molecular complexity index is 6540. The Morgan fingerprint density at radius 2 is 0.717 bits per heavy atom.